The Morgan fingerprint density at radius 1 is 1.00 bits per heavy atom. The topological polar surface area (TPSA) is 75.7 Å². The van der Waals surface area contributed by atoms with Gasteiger partial charge in [-0.2, -0.15) is 0 Å². The van der Waals surface area contributed by atoms with Crippen molar-refractivity contribution in [2.45, 2.75) is 43.0 Å². The Balaban J connectivity index is 1.92. The van der Waals surface area contributed by atoms with Crippen molar-refractivity contribution in [1.29, 1.82) is 0 Å². The van der Waals surface area contributed by atoms with E-state index in [1.54, 1.807) is 48.5 Å². The highest BCUT2D eigenvalue weighted by atomic mass is 32.2. The van der Waals surface area contributed by atoms with Crippen LogP contribution in [-0.2, 0) is 21.2 Å². The monoisotopic (exact) mass is 512 g/mol. The van der Waals surface area contributed by atoms with Crippen LogP contribution in [0.4, 0.5) is 5.69 Å². The molecular weight excluding hydrogens is 480 g/mol. The summed E-state index contributed by atoms with van der Waals surface area (Å²) in [6.07, 6.45) is 2.86. The van der Waals surface area contributed by atoms with E-state index in [0.29, 0.717) is 18.0 Å². The number of hydrogen-bond donors (Lipinski definition) is 1. The van der Waals surface area contributed by atoms with Crippen LogP contribution >= 0.6 is 11.8 Å². The second-order valence-electron chi connectivity index (χ2n) is 7.97. The SMILES string of the molecule is CCOc1ccccc1N(CC(=O)N[C@H](C)c1ccc(CC)cc1)S(=O)(=O)c1ccc(SC)cc1. The molecule has 35 heavy (non-hydrogen) atoms. The maximum Gasteiger partial charge on any atom is 0.264 e. The highest BCUT2D eigenvalue weighted by Crippen LogP contribution is 2.33. The van der Waals surface area contributed by atoms with Crippen LogP contribution in [0.5, 0.6) is 5.75 Å². The van der Waals surface area contributed by atoms with Gasteiger partial charge < -0.3 is 10.1 Å². The number of hydrogen-bond acceptors (Lipinski definition) is 5. The number of thioether (sulfide) groups is 1. The summed E-state index contributed by atoms with van der Waals surface area (Å²) in [6, 6.07) is 21.2. The predicted octanol–water partition coefficient (Wildman–Crippen LogP) is 5.44. The van der Waals surface area contributed by atoms with Crippen LogP contribution in [0.1, 0.15) is 37.9 Å². The number of aryl methyl sites for hydroxylation is 1. The van der Waals surface area contributed by atoms with Crippen molar-refractivity contribution in [3.63, 3.8) is 0 Å². The first-order valence-corrected chi connectivity index (χ1v) is 14.2. The zero-order chi connectivity index (χ0) is 25.4. The summed E-state index contributed by atoms with van der Waals surface area (Å²) in [6.45, 7) is 5.78. The highest BCUT2D eigenvalue weighted by molar-refractivity contribution is 7.98. The molecule has 186 valence electrons. The van der Waals surface area contributed by atoms with Gasteiger partial charge >= 0.3 is 0 Å². The molecule has 0 spiro atoms. The normalized spacial score (nSPS) is 12.1. The molecule has 0 saturated carbocycles. The van der Waals surface area contributed by atoms with Crippen molar-refractivity contribution in [2.24, 2.45) is 0 Å². The lowest BCUT2D eigenvalue weighted by Crippen LogP contribution is -2.41. The number of nitrogens with zero attached hydrogens (tertiary/aromatic N) is 1. The molecule has 1 N–H and O–H groups in total. The van der Waals surface area contributed by atoms with Gasteiger partial charge in [-0.15, -0.1) is 11.8 Å². The maximum atomic E-state index is 13.7. The Morgan fingerprint density at radius 3 is 2.26 bits per heavy atom. The Kier molecular flexibility index (Phi) is 9.23. The van der Waals surface area contributed by atoms with Gasteiger partial charge in [-0.3, -0.25) is 9.10 Å². The van der Waals surface area contributed by atoms with Gasteiger partial charge in [0.05, 0.1) is 23.2 Å². The van der Waals surface area contributed by atoms with E-state index in [1.807, 2.05) is 44.4 Å². The van der Waals surface area contributed by atoms with Crippen molar-refractivity contribution in [3.05, 3.63) is 83.9 Å². The molecule has 0 unspecified atom stereocenters. The molecular formula is C27H32N2O4S2. The number of amides is 1. The van der Waals surface area contributed by atoms with E-state index < -0.39 is 15.9 Å². The molecule has 0 aromatic heterocycles. The largest absolute Gasteiger partial charge is 0.492 e. The first-order chi connectivity index (χ1) is 16.8. The Morgan fingerprint density at radius 2 is 1.66 bits per heavy atom. The molecule has 3 aromatic rings. The third-order valence-corrected chi connectivity index (χ3v) is 8.15. The summed E-state index contributed by atoms with van der Waals surface area (Å²) in [5.41, 5.74) is 2.48. The van der Waals surface area contributed by atoms with Gasteiger partial charge in [0.25, 0.3) is 10.0 Å². The fourth-order valence-electron chi connectivity index (χ4n) is 3.66. The summed E-state index contributed by atoms with van der Waals surface area (Å²) in [4.78, 5) is 14.2. The van der Waals surface area contributed by atoms with Crippen LogP contribution in [0.15, 0.2) is 82.6 Å². The van der Waals surface area contributed by atoms with E-state index in [2.05, 4.69) is 12.2 Å². The minimum Gasteiger partial charge on any atom is -0.492 e. The molecule has 0 fully saturated rings. The number of sulfonamides is 1. The number of carbonyl (C=O) groups is 1. The molecule has 1 atom stereocenters. The van der Waals surface area contributed by atoms with Crippen LogP contribution in [0.25, 0.3) is 0 Å². The Bertz CT molecular complexity index is 1230. The summed E-state index contributed by atoms with van der Waals surface area (Å²) in [5.74, 6) is -0.0111. The second kappa shape index (κ2) is 12.1. The molecule has 0 aliphatic carbocycles. The standard InChI is InChI=1S/C27H32N2O4S2/c1-5-21-11-13-22(14-12-21)20(3)28-27(30)19-29(25-9-7-8-10-26(25)33-6-2)35(31,32)24-17-15-23(34-4)16-18-24/h7-18,20H,5-6,19H2,1-4H3,(H,28,30)/t20-/m1/s1. The van der Waals surface area contributed by atoms with E-state index >= 15 is 0 Å². The van der Waals surface area contributed by atoms with E-state index in [1.165, 1.54) is 17.3 Å². The second-order valence-corrected chi connectivity index (χ2v) is 10.7. The van der Waals surface area contributed by atoms with Crippen molar-refractivity contribution < 1.29 is 17.9 Å². The Labute approximate surface area is 212 Å². The van der Waals surface area contributed by atoms with E-state index in [-0.39, 0.29) is 17.5 Å². The van der Waals surface area contributed by atoms with Gasteiger partial charge in [0.15, 0.2) is 0 Å². The molecule has 0 heterocycles. The Hall–Kier alpha value is -2.97. The van der Waals surface area contributed by atoms with Crippen LogP contribution in [0.3, 0.4) is 0 Å². The molecule has 6 nitrogen and oxygen atoms in total. The maximum absolute atomic E-state index is 13.7. The molecule has 3 rings (SSSR count). The minimum atomic E-state index is -4.04. The van der Waals surface area contributed by atoms with Crippen LogP contribution in [-0.4, -0.2) is 33.7 Å². The molecule has 8 heteroatoms. The van der Waals surface area contributed by atoms with Gasteiger partial charge in [-0.25, -0.2) is 8.42 Å². The van der Waals surface area contributed by atoms with E-state index in [4.69, 9.17) is 4.74 Å². The summed E-state index contributed by atoms with van der Waals surface area (Å²) >= 11 is 1.53. The molecule has 1 amide bonds. The number of nitrogens with one attached hydrogen (secondary N) is 1. The highest BCUT2D eigenvalue weighted by Gasteiger charge is 2.30. The minimum absolute atomic E-state index is 0.109. The predicted molar refractivity (Wildman–Crippen MR) is 143 cm³/mol. The van der Waals surface area contributed by atoms with Crippen LogP contribution in [0, 0.1) is 0 Å². The lowest BCUT2D eigenvalue weighted by molar-refractivity contribution is -0.120. The third-order valence-electron chi connectivity index (χ3n) is 5.63. The number of benzene rings is 3. The van der Waals surface area contributed by atoms with Gasteiger partial charge in [0.2, 0.25) is 5.91 Å². The molecule has 0 aliphatic rings. The van der Waals surface area contributed by atoms with Gasteiger partial charge in [0, 0.05) is 4.90 Å². The summed E-state index contributed by atoms with van der Waals surface area (Å²) in [7, 11) is -4.04. The number of para-hydroxylation sites is 2. The first kappa shape index (κ1) is 26.6. The van der Waals surface area contributed by atoms with Crippen molar-refractivity contribution in [1.82, 2.24) is 5.32 Å². The third kappa shape index (κ3) is 6.58. The molecule has 0 aliphatic heterocycles. The van der Waals surface area contributed by atoms with Crippen LogP contribution in [0.2, 0.25) is 0 Å². The number of ether oxygens (including phenoxy) is 1. The average molecular weight is 513 g/mol. The molecule has 0 saturated heterocycles. The lowest BCUT2D eigenvalue weighted by Gasteiger charge is -2.26. The number of rotatable bonds is 11. The fraction of sp³-hybridized carbons (Fsp3) is 0.296. The summed E-state index contributed by atoms with van der Waals surface area (Å²) in [5, 5.41) is 2.94. The zero-order valence-corrected chi connectivity index (χ0v) is 22.2. The van der Waals surface area contributed by atoms with Gasteiger partial charge in [-0.05, 0) is 74.0 Å². The number of carbonyl (C=O) groups excluding carboxylic acids is 1. The van der Waals surface area contributed by atoms with E-state index in [0.717, 1.165) is 21.2 Å². The lowest BCUT2D eigenvalue weighted by atomic mass is 10.1. The van der Waals surface area contributed by atoms with Crippen molar-refractivity contribution in [3.8, 4) is 5.75 Å². The first-order valence-electron chi connectivity index (χ1n) is 11.6. The zero-order valence-electron chi connectivity index (χ0n) is 20.5. The summed E-state index contributed by atoms with van der Waals surface area (Å²) < 4.78 is 34.3. The smallest absolute Gasteiger partial charge is 0.264 e. The van der Waals surface area contributed by atoms with E-state index in [9.17, 15) is 13.2 Å². The van der Waals surface area contributed by atoms with Gasteiger partial charge in [-0.1, -0.05) is 43.3 Å². The quantitative estimate of drug-likeness (QED) is 0.346. The molecule has 3 aromatic carbocycles. The number of anilines is 1. The van der Waals surface area contributed by atoms with Crippen molar-refractivity contribution in [2.75, 3.05) is 23.7 Å². The molecule has 0 bridgehead atoms. The van der Waals surface area contributed by atoms with Gasteiger partial charge in [0.1, 0.15) is 12.3 Å². The average Bonchev–Trinajstić information content (AvgIpc) is 2.88. The van der Waals surface area contributed by atoms with Crippen LogP contribution < -0.4 is 14.4 Å². The fourth-order valence-corrected chi connectivity index (χ4v) is 5.50. The molecule has 0 radical (unpaired) electrons. The van der Waals surface area contributed by atoms with Crippen molar-refractivity contribution >= 4 is 33.4 Å².